The molecular formula is C9H17Cl. The van der Waals surface area contributed by atoms with Crippen LogP contribution in [-0.2, 0) is 0 Å². The van der Waals surface area contributed by atoms with Gasteiger partial charge in [-0.3, -0.25) is 0 Å². The highest BCUT2D eigenvalue weighted by atomic mass is 35.5. The molecule has 1 saturated carbocycles. The Morgan fingerprint density at radius 1 is 1.00 bits per heavy atom. The van der Waals surface area contributed by atoms with Crippen LogP contribution in [0.15, 0.2) is 0 Å². The van der Waals surface area contributed by atoms with Crippen molar-refractivity contribution >= 4 is 11.6 Å². The highest BCUT2D eigenvalue weighted by Crippen LogP contribution is 2.31. The minimum absolute atomic E-state index is 0.433. The van der Waals surface area contributed by atoms with Crippen LogP contribution >= 0.6 is 11.6 Å². The third-order valence-electron chi connectivity index (χ3n) is 2.66. The molecule has 1 fully saturated rings. The van der Waals surface area contributed by atoms with E-state index in [1.807, 2.05) is 0 Å². The summed E-state index contributed by atoms with van der Waals surface area (Å²) >= 11 is 6.22. The second-order valence-electron chi connectivity index (χ2n) is 3.68. The summed E-state index contributed by atoms with van der Waals surface area (Å²) in [4.78, 5) is 0. The van der Waals surface area contributed by atoms with Gasteiger partial charge in [0.25, 0.3) is 0 Å². The highest BCUT2D eigenvalue weighted by molar-refractivity contribution is 6.20. The van der Waals surface area contributed by atoms with E-state index < -0.39 is 0 Å². The lowest BCUT2D eigenvalue weighted by Gasteiger charge is -2.19. The number of rotatable bonds is 0. The number of hydrogen-bond acceptors (Lipinski definition) is 0. The van der Waals surface area contributed by atoms with Gasteiger partial charge in [-0.05, 0) is 24.7 Å². The van der Waals surface area contributed by atoms with Gasteiger partial charge >= 0.3 is 0 Å². The van der Waals surface area contributed by atoms with E-state index in [9.17, 15) is 0 Å². The largest absolute Gasteiger partial charge is 0.122 e. The second-order valence-corrected chi connectivity index (χ2v) is 4.19. The molecule has 1 rings (SSSR count). The lowest BCUT2D eigenvalue weighted by atomic mass is 9.96. The quantitative estimate of drug-likeness (QED) is 0.376. The maximum Gasteiger partial charge on any atom is 0.0387 e. The Morgan fingerprint density at radius 2 is 1.40 bits per heavy atom. The van der Waals surface area contributed by atoms with Gasteiger partial charge in [-0.25, -0.2) is 0 Å². The van der Waals surface area contributed by atoms with Gasteiger partial charge in [0.05, 0.1) is 0 Å². The maximum atomic E-state index is 6.22. The zero-order valence-corrected chi connectivity index (χ0v) is 7.69. The summed E-state index contributed by atoms with van der Waals surface area (Å²) in [5.41, 5.74) is 0. The first kappa shape index (κ1) is 8.39. The molecule has 0 aromatic rings. The van der Waals surface area contributed by atoms with E-state index in [4.69, 9.17) is 11.6 Å². The molecule has 10 heavy (non-hydrogen) atoms. The summed E-state index contributed by atoms with van der Waals surface area (Å²) < 4.78 is 0. The van der Waals surface area contributed by atoms with E-state index in [0.717, 1.165) is 11.8 Å². The van der Waals surface area contributed by atoms with Crippen LogP contribution in [0.4, 0.5) is 0 Å². The van der Waals surface area contributed by atoms with Crippen molar-refractivity contribution in [1.82, 2.24) is 0 Å². The Balaban J connectivity index is 2.46. The van der Waals surface area contributed by atoms with Crippen molar-refractivity contribution in [3.05, 3.63) is 0 Å². The summed E-state index contributed by atoms with van der Waals surface area (Å²) in [7, 11) is 0. The van der Waals surface area contributed by atoms with Gasteiger partial charge < -0.3 is 0 Å². The van der Waals surface area contributed by atoms with Crippen LogP contribution in [0.2, 0.25) is 0 Å². The van der Waals surface area contributed by atoms with Crippen LogP contribution in [0.3, 0.4) is 0 Å². The minimum atomic E-state index is 0.433. The van der Waals surface area contributed by atoms with E-state index in [1.165, 1.54) is 25.7 Å². The summed E-state index contributed by atoms with van der Waals surface area (Å²) in [5.74, 6) is 1.47. The van der Waals surface area contributed by atoms with Crippen molar-refractivity contribution in [2.24, 2.45) is 11.8 Å². The Kier molecular flexibility index (Phi) is 3.03. The number of alkyl halides is 1. The number of halogens is 1. The van der Waals surface area contributed by atoms with Crippen molar-refractivity contribution < 1.29 is 0 Å². The first-order valence-electron chi connectivity index (χ1n) is 4.36. The Hall–Kier alpha value is 0.290. The molecule has 0 amide bonds. The van der Waals surface area contributed by atoms with Crippen LogP contribution in [0.25, 0.3) is 0 Å². The predicted octanol–water partition coefficient (Wildman–Crippen LogP) is 3.44. The van der Waals surface area contributed by atoms with Crippen LogP contribution in [0.1, 0.15) is 39.5 Å². The lowest BCUT2D eigenvalue weighted by molar-refractivity contribution is 0.433. The molecule has 0 aliphatic heterocycles. The average Bonchev–Trinajstić information content (AvgIpc) is 2.04. The lowest BCUT2D eigenvalue weighted by Crippen LogP contribution is -2.17. The van der Waals surface area contributed by atoms with Gasteiger partial charge in [0.1, 0.15) is 0 Å². The third-order valence-corrected chi connectivity index (χ3v) is 3.52. The zero-order chi connectivity index (χ0) is 7.56. The number of hydrogen-bond donors (Lipinski definition) is 0. The van der Waals surface area contributed by atoms with Crippen molar-refractivity contribution in [2.45, 2.75) is 44.9 Å². The monoisotopic (exact) mass is 160 g/mol. The summed E-state index contributed by atoms with van der Waals surface area (Å²) in [6, 6.07) is 0. The molecule has 0 spiro atoms. The van der Waals surface area contributed by atoms with Crippen molar-refractivity contribution in [1.29, 1.82) is 0 Å². The van der Waals surface area contributed by atoms with Gasteiger partial charge in [0.15, 0.2) is 0 Å². The standard InChI is InChI=1S/C9H17Cl/c1-7-5-3-4-6-8(2)9(7)10/h7-9H,3-6H2,1-2H3/t7-,8-/m0/s1. The van der Waals surface area contributed by atoms with Gasteiger partial charge in [-0.15, -0.1) is 11.6 Å². The average molecular weight is 161 g/mol. The molecule has 0 saturated heterocycles. The maximum absolute atomic E-state index is 6.22. The smallest absolute Gasteiger partial charge is 0.0387 e. The summed E-state index contributed by atoms with van der Waals surface area (Å²) in [6.45, 7) is 4.55. The molecule has 0 bridgehead atoms. The first-order valence-corrected chi connectivity index (χ1v) is 4.79. The Labute approximate surface area is 69.0 Å². The molecule has 0 unspecified atom stereocenters. The molecule has 0 aromatic heterocycles. The zero-order valence-electron chi connectivity index (χ0n) is 6.94. The van der Waals surface area contributed by atoms with Gasteiger partial charge in [0, 0.05) is 5.38 Å². The van der Waals surface area contributed by atoms with Gasteiger partial charge in [-0.2, -0.15) is 0 Å². The van der Waals surface area contributed by atoms with Crippen LogP contribution < -0.4 is 0 Å². The SMILES string of the molecule is C[C@H]1CCCC[C@H](C)C1Cl. The molecule has 0 N–H and O–H groups in total. The minimum Gasteiger partial charge on any atom is -0.122 e. The molecule has 1 aliphatic rings. The normalized spacial score (nSPS) is 37.5. The first-order chi connectivity index (χ1) is 4.72. The topological polar surface area (TPSA) is 0 Å². The van der Waals surface area contributed by atoms with E-state index in [1.54, 1.807) is 0 Å². The highest BCUT2D eigenvalue weighted by Gasteiger charge is 2.23. The van der Waals surface area contributed by atoms with Crippen molar-refractivity contribution in [2.75, 3.05) is 0 Å². The molecule has 0 heterocycles. The van der Waals surface area contributed by atoms with Crippen molar-refractivity contribution in [3.63, 3.8) is 0 Å². The Bertz CT molecular complexity index is 88.9. The van der Waals surface area contributed by atoms with Gasteiger partial charge in [0.2, 0.25) is 0 Å². The summed E-state index contributed by atoms with van der Waals surface area (Å²) in [6.07, 6.45) is 5.43. The molecule has 1 aliphatic carbocycles. The summed E-state index contributed by atoms with van der Waals surface area (Å²) in [5, 5.41) is 0.433. The molecule has 1 heteroatoms. The van der Waals surface area contributed by atoms with Crippen LogP contribution in [0.5, 0.6) is 0 Å². The molecular weight excluding hydrogens is 144 g/mol. The second kappa shape index (κ2) is 3.61. The fraction of sp³-hybridized carbons (Fsp3) is 1.00. The molecule has 0 nitrogen and oxygen atoms in total. The van der Waals surface area contributed by atoms with Crippen molar-refractivity contribution in [3.8, 4) is 0 Å². The van der Waals surface area contributed by atoms with E-state index in [0.29, 0.717) is 5.38 Å². The van der Waals surface area contributed by atoms with E-state index in [2.05, 4.69) is 13.8 Å². The third kappa shape index (κ3) is 1.88. The molecule has 60 valence electrons. The van der Waals surface area contributed by atoms with E-state index >= 15 is 0 Å². The van der Waals surface area contributed by atoms with E-state index in [-0.39, 0.29) is 0 Å². The molecule has 2 atom stereocenters. The Morgan fingerprint density at radius 3 is 1.80 bits per heavy atom. The van der Waals surface area contributed by atoms with Crippen LogP contribution in [-0.4, -0.2) is 5.38 Å². The molecule has 0 radical (unpaired) electrons. The fourth-order valence-corrected chi connectivity index (χ4v) is 2.06. The van der Waals surface area contributed by atoms with Gasteiger partial charge in [-0.1, -0.05) is 26.7 Å². The van der Waals surface area contributed by atoms with Crippen LogP contribution in [0, 0.1) is 11.8 Å². The fourth-order valence-electron chi connectivity index (χ4n) is 1.81. The predicted molar refractivity (Wildman–Crippen MR) is 46.4 cm³/mol. The molecule has 0 aromatic carbocycles.